The zero-order valence-electron chi connectivity index (χ0n) is 11.9. The number of ether oxygens (including phenoxy) is 1. The quantitative estimate of drug-likeness (QED) is 0.849. The molecule has 0 aliphatic carbocycles. The summed E-state index contributed by atoms with van der Waals surface area (Å²) >= 11 is 0. The molecule has 0 radical (unpaired) electrons. The smallest absolute Gasteiger partial charge is 0.251 e. The largest absolute Gasteiger partial charge is 0.452 e. The number of carbonyl (C=O) groups is 1. The molecule has 21 heavy (non-hydrogen) atoms. The summed E-state index contributed by atoms with van der Waals surface area (Å²) in [4.78, 5) is 11.7. The number of rotatable bonds is 4. The van der Waals surface area contributed by atoms with Crippen molar-refractivity contribution in [2.45, 2.75) is 13.8 Å². The Hall–Kier alpha value is -2.56. The molecule has 5 heteroatoms. The molecule has 0 aromatic heterocycles. The van der Waals surface area contributed by atoms with Crippen molar-refractivity contribution in [2.75, 3.05) is 12.3 Å². The molecule has 1 amide bonds. The second kappa shape index (κ2) is 6.26. The van der Waals surface area contributed by atoms with Crippen LogP contribution in [0.15, 0.2) is 36.4 Å². The van der Waals surface area contributed by atoms with Gasteiger partial charge < -0.3 is 15.8 Å². The molecule has 2 aromatic carbocycles. The molecule has 0 saturated carbocycles. The van der Waals surface area contributed by atoms with Crippen LogP contribution in [-0.4, -0.2) is 12.5 Å². The lowest BCUT2D eigenvalue weighted by Crippen LogP contribution is -2.22. The summed E-state index contributed by atoms with van der Waals surface area (Å²) in [6.45, 7) is 4.21. The van der Waals surface area contributed by atoms with Gasteiger partial charge in [0.15, 0.2) is 17.3 Å². The number of hydrogen-bond acceptors (Lipinski definition) is 3. The summed E-state index contributed by atoms with van der Waals surface area (Å²) in [5.41, 5.74) is 7.46. The Balaban J connectivity index is 2.25. The summed E-state index contributed by atoms with van der Waals surface area (Å²) in [6, 6.07) is 9.24. The molecule has 0 bridgehead atoms. The minimum atomic E-state index is -0.465. The first kappa shape index (κ1) is 14.8. The molecule has 110 valence electrons. The number of nitrogens with one attached hydrogen (secondary N) is 1. The zero-order chi connectivity index (χ0) is 15.4. The Bertz CT molecular complexity index is 671. The number of amides is 1. The first-order valence-electron chi connectivity index (χ1n) is 6.63. The van der Waals surface area contributed by atoms with E-state index in [9.17, 15) is 9.18 Å². The van der Waals surface area contributed by atoms with Gasteiger partial charge in [-0.25, -0.2) is 4.39 Å². The van der Waals surface area contributed by atoms with Gasteiger partial charge >= 0.3 is 0 Å². The summed E-state index contributed by atoms with van der Waals surface area (Å²) in [5, 5.41) is 2.68. The van der Waals surface area contributed by atoms with Crippen molar-refractivity contribution in [3.63, 3.8) is 0 Å². The Morgan fingerprint density at radius 2 is 2.00 bits per heavy atom. The van der Waals surface area contributed by atoms with E-state index in [0.717, 1.165) is 5.56 Å². The number of carbonyl (C=O) groups excluding carboxylic acids is 1. The fourth-order valence-corrected chi connectivity index (χ4v) is 1.85. The van der Waals surface area contributed by atoms with E-state index < -0.39 is 5.82 Å². The molecule has 2 rings (SSSR count). The SMILES string of the molecule is CCNC(=O)c1ccc(Oc2cc(C)ccc2F)c(N)c1. The minimum Gasteiger partial charge on any atom is -0.452 e. The van der Waals surface area contributed by atoms with Gasteiger partial charge in [0.1, 0.15) is 0 Å². The van der Waals surface area contributed by atoms with Crippen LogP contribution < -0.4 is 15.8 Å². The Labute approximate surface area is 122 Å². The number of anilines is 1. The van der Waals surface area contributed by atoms with E-state index >= 15 is 0 Å². The third-order valence-electron chi connectivity index (χ3n) is 2.92. The monoisotopic (exact) mass is 288 g/mol. The highest BCUT2D eigenvalue weighted by molar-refractivity contribution is 5.95. The highest BCUT2D eigenvalue weighted by Gasteiger charge is 2.11. The lowest BCUT2D eigenvalue weighted by Gasteiger charge is -2.11. The maximum Gasteiger partial charge on any atom is 0.251 e. The van der Waals surface area contributed by atoms with E-state index in [0.29, 0.717) is 17.9 Å². The van der Waals surface area contributed by atoms with Crippen LogP contribution in [0.2, 0.25) is 0 Å². The minimum absolute atomic E-state index is 0.104. The van der Waals surface area contributed by atoms with E-state index in [-0.39, 0.29) is 17.3 Å². The van der Waals surface area contributed by atoms with Crippen molar-refractivity contribution in [1.82, 2.24) is 5.32 Å². The average molecular weight is 288 g/mol. The molecule has 0 aliphatic rings. The van der Waals surface area contributed by atoms with Crippen molar-refractivity contribution in [1.29, 1.82) is 0 Å². The number of hydrogen-bond donors (Lipinski definition) is 2. The van der Waals surface area contributed by atoms with E-state index in [4.69, 9.17) is 10.5 Å². The third-order valence-corrected chi connectivity index (χ3v) is 2.92. The number of nitrogen functional groups attached to an aromatic ring is 1. The molecule has 0 atom stereocenters. The van der Waals surface area contributed by atoms with Gasteiger partial charge in [0.25, 0.3) is 5.91 Å². The van der Waals surface area contributed by atoms with Crippen LogP contribution in [0.25, 0.3) is 0 Å². The van der Waals surface area contributed by atoms with Gasteiger partial charge in [0.05, 0.1) is 5.69 Å². The normalized spacial score (nSPS) is 10.2. The van der Waals surface area contributed by atoms with Crippen molar-refractivity contribution in [3.8, 4) is 11.5 Å². The van der Waals surface area contributed by atoms with Crippen molar-refractivity contribution in [3.05, 3.63) is 53.3 Å². The summed E-state index contributed by atoms with van der Waals surface area (Å²) in [5.74, 6) is -0.259. The van der Waals surface area contributed by atoms with Crippen LogP contribution in [0.4, 0.5) is 10.1 Å². The van der Waals surface area contributed by atoms with E-state index in [1.54, 1.807) is 24.3 Å². The Morgan fingerprint density at radius 1 is 1.24 bits per heavy atom. The molecule has 2 aromatic rings. The van der Waals surface area contributed by atoms with Crippen molar-refractivity contribution >= 4 is 11.6 Å². The number of nitrogens with two attached hydrogens (primary N) is 1. The molecule has 0 heterocycles. The van der Waals surface area contributed by atoms with Crippen LogP contribution in [0.3, 0.4) is 0 Å². The molecule has 0 aliphatic heterocycles. The predicted molar refractivity (Wildman–Crippen MR) is 80.1 cm³/mol. The van der Waals surface area contributed by atoms with E-state index in [1.165, 1.54) is 12.1 Å². The second-order valence-corrected chi connectivity index (χ2v) is 4.65. The number of halogens is 1. The summed E-state index contributed by atoms with van der Waals surface area (Å²) in [6.07, 6.45) is 0. The van der Waals surface area contributed by atoms with Gasteiger partial charge in [0, 0.05) is 12.1 Å². The molecular weight excluding hydrogens is 271 g/mol. The molecule has 0 fully saturated rings. The van der Waals surface area contributed by atoms with Crippen LogP contribution in [0.5, 0.6) is 11.5 Å². The highest BCUT2D eigenvalue weighted by Crippen LogP contribution is 2.30. The van der Waals surface area contributed by atoms with E-state index in [2.05, 4.69) is 5.32 Å². The lowest BCUT2D eigenvalue weighted by atomic mass is 10.1. The van der Waals surface area contributed by atoms with Crippen molar-refractivity contribution < 1.29 is 13.9 Å². The predicted octanol–water partition coefficient (Wildman–Crippen LogP) is 3.26. The first-order valence-corrected chi connectivity index (χ1v) is 6.63. The summed E-state index contributed by atoms with van der Waals surface area (Å²) in [7, 11) is 0. The maximum atomic E-state index is 13.7. The fourth-order valence-electron chi connectivity index (χ4n) is 1.85. The van der Waals surface area contributed by atoms with Crippen LogP contribution >= 0.6 is 0 Å². The standard InChI is InChI=1S/C16H17FN2O2/c1-3-19-16(20)11-5-7-14(13(18)9-11)21-15-8-10(2)4-6-12(15)17/h4-9H,3,18H2,1-2H3,(H,19,20). The topological polar surface area (TPSA) is 64.3 Å². The highest BCUT2D eigenvalue weighted by atomic mass is 19.1. The van der Waals surface area contributed by atoms with E-state index in [1.807, 2.05) is 13.8 Å². The molecule has 0 unspecified atom stereocenters. The first-order chi connectivity index (χ1) is 10.0. The zero-order valence-corrected chi connectivity index (χ0v) is 11.9. The number of benzene rings is 2. The molecule has 4 nitrogen and oxygen atoms in total. The van der Waals surface area contributed by atoms with Gasteiger partial charge in [0.2, 0.25) is 0 Å². The van der Waals surface area contributed by atoms with Gasteiger partial charge in [-0.1, -0.05) is 6.07 Å². The third kappa shape index (κ3) is 3.51. The Kier molecular flexibility index (Phi) is 4.42. The fraction of sp³-hybridized carbons (Fsp3) is 0.188. The maximum absolute atomic E-state index is 13.7. The van der Waals surface area contributed by atoms with Gasteiger partial charge in [-0.2, -0.15) is 0 Å². The Morgan fingerprint density at radius 3 is 2.67 bits per heavy atom. The molecule has 3 N–H and O–H groups in total. The van der Waals surface area contributed by atoms with Gasteiger partial charge in [-0.3, -0.25) is 4.79 Å². The molecule has 0 saturated heterocycles. The van der Waals surface area contributed by atoms with Crippen LogP contribution in [0, 0.1) is 12.7 Å². The van der Waals surface area contributed by atoms with Gasteiger partial charge in [-0.15, -0.1) is 0 Å². The van der Waals surface area contributed by atoms with Gasteiger partial charge in [-0.05, 0) is 49.7 Å². The van der Waals surface area contributed by atoms with Crippen LogP contribution in [-0.2, 0) is 0 Å². The summed E-state index contributed by atoms with van der Waals surface area (Å²) < 4.78 is 19.1. The number of aryl methyl sites for hydroxylation is 1. The lowest BCUT2D eigenvalue weighted by molar-refractivity contribution is 0.0956. The molecular formula is C16H17FN2O2. The van der Waals surface area contributed by atoms with Crippen LogP contribution in [0.1, 0.15) is 22.8 Å². The molecule has 0 spiro atoms. The van der Waals surface area contributed by atoms with Crippen molar-refractivity contribution in [2.24, 2.45) is 0 Å². The second-order valence-electron chi connectivity index (χ2n) is 4.65. The average Bonchev–Trinajstić information content (AvgIpc) is 2.45.